The number of carbonyl (C=O) groups is 2. The first-order valence-electron chi connectivity index (χ1n) is 7.84. The van der Waals surface area contributed by atoms with E-state index in [0.717, 1.165) is 17.5 Å². The number of nitrogens with one attached hydrogen (secondary N) is 1. The minimum Gasteiger partial charge on any atom is -0.451 e. The van der Waals surface area contributed by atoms with Crippen molar-refractivity contribution in [2.24, 2.45) is 0 Å². The van der Waals surface area contributed by atoms with Crippen LogP contribution >= 0.6 is 0 Å². The maximum atomic E-state index is 13.2. The fourth-order valence-electron chi connectivity index (χ4n) is 2.67. The van der Waals surface area contributed by atoms with Gasteiger partial charge in [0.2, 0.25) is 5.91 Å². The van der Waals surface area contributed by atoms with Crippen LogP contribution in [0.25, 0.3) is 11.0 Å². The lowest BCUT2D eigenvalue weighted by Crippen LogP contribution is -2.35. The van der Waals surface area contributed by atoms with E-state index in [-0.39, 0.29) is 18.0 Å². The van der Waals surface area contributed by atoms with E-state index in [1.165, 1.54) is 11.9 Å². The number of amides is 2. The largest absolute Gasteiger partial charge is 0.451 e. The van der Waals surface area contributed by atoms with E-state index in [1.807, 2.05) is 12.1 Å². The van der Waals surface area contributed by atoms with Crippen molar-refractivity contribution in [1.29, 1.82) is 0 Å². The van der Waals surface area contributed by atoms with Crippen LogP contribution in [0, 0.1) is 18.6 Å². The Hall–Kier alpha value is -3.22. The number of benzene rings is 2. The fraction of sp³-hybridized carbons (Fsp3) is 0.158. The molecule has 3 aromatic rings. The number of anilines is 1. The average molecular weight is 358 g/mol. The van der Waals surface area contributed by atoms with Crippen LogP contribution in [0.5, 0.6) is 0 Å². The van der Waals surface area contributed by atoms with Gasteiger partial charge in [-0.15, -0.1) is 0 Å². The Kier molecular flexibility index (Phi) is 4.71. The van der Waals surface area contributed by atoms with E-state index < -0.39 is 23.4 Å². The zero-order valence-corrected chi connectivity index (χ0v) is 14.2. The number of hydrogen-bond donors (Lipinski definition) is 1. The summed E-state index contributed by atoms with van der Waals surface area (Å²) in [5, 5.41) is 3.18. The van der Waals surface area contributed by atoms with Gasteiger partial charge >= 0.3 is 0 Å². The number of halogens is 2. The predicted molar refractivity (Wildman–Crippen MR) is 92.9 cm³/mol. The maximum absolute atomic E-state index is 13.2. The van der Waals surface area contributed by atoms with Crippen molar-refractivity contribution in [3.63, 3.8) is 0 Å². The Balaban J connectivity index is 1.72. The van der Waals surface area contributed by atoms with Gasteiger partial charge in [-0.05, 0) is 25.1 Å². The Morgan fingerprint density at radius 1 is 1.12 bits per heavy atom. The monoisotopic (exact) mass is 358 g/mol. The van der Waals surface area contributed by atoms with Crippen molar-refractivity contribution in [1.82, 2.24) is 4.90 Å². The van der Waals surface area contributed by atoms with Crippen molar-refractivity contribution in [3.8, 4) is 0 Å². The summed E-state index contributed by atoms with van der Waals surface area (Å²) in [6.45, 7) is 1.47. The number of aryl methyl sites for hydroxylation is 1. The SMILES string of the molecule is Cc1c(C(=O)N(C)CC(=O)Nc2cc(F)cc(F)c2)oc2ccccc12. The minimum absolute atomic E-state index is 0.0201. The standard InChI is InChI=1S/C19H16F2N2O3/c1-11-15-5-3-4-6-16(15)26-18(11)19(25)23(2)10-17(24)22-14-8-12(20)7-13(21)9-14/h3-9H,10H2,1-2H3,(H,22,24). The number of likely N-dealkylation sites (N-methyl/N-ethyl adjacent to an activating group) is 1. The number of para-hydroxylation sites is 1. The molecule has 134 valence electrons. The summed E-state index contributed by atoms with van der Waals surface area (Å²) in [4.78, 5) is 25.8. The molecule has 1 N–H and O–H groups in total. The Morgan fingerprint density at radius 2 is 1.77 bits per heavy atom. The zero-order chi connectivity index (χ0) is 18.8. The van der Waals surface area contributed by atoms with Crippen molar-refractivity contribution < 1.29 is 22.8 Å². The summed E-state index contributed by atoms with van der Waals surface area (Å²) in [7, 11) is 1.45. The molecule has 1 heterocycles. The fourth-order valence-corrected chi connectivity index (χ4v) is 2.67. The lowest BCUT2D eigenvalue weighted by atomic mass is 10.1. The molecule has 26 heavy (non-hydrogen) atoms. The van der Waals surface area contributed by atoms with Crippen LogP contribution in [0.4, 0.5) is 14.5 Å². The lowest BCUT2D eigenvalue weighted by Gasteiger charge is -2.16. The first-order chi connectivity index (χ1) is 12.3. The molecule has 5 nitrogen and oxygen atoms in total. The number of fused-ring (bicyclic) bond motifs is 1. The molecule has 0 unspecified atom stereocenters. The minimum atomic E-state index is -0.803. The predicted octanol–water partition coefficient (Wildman–Crippen LogP) is 3.73. The molecule has 0 saturated carbocycles. The van der Waals surface area contributed by atoms with Gasteiger partial charge < -0.3 is 14.6 Å². The molecule has 0 aliphatic rings. The van der Waals surface area contributed by atoms with Crippen molar-refractivity contribution in [2.75, 3.05) is 18.9 Å². The van der Waals surface area contributed by atoms with Crippen molar-refractivity contribution >= 4 is 28.5 Å². The van der Waals surface area contributed by atoms with Gasteiger partial charge in [-0.25, -0.2) is 8.78 Å². The molecule has 3 rings (SSSR count). The van der Waals surface area contributed by atoms with Crippen LogP contribution in [0.3, 0.4) is 0 Å². The van der Waals surface area contributed by atoms with Gasteiger partial charge in [0.1, 0.15) is 17.2 Å². The molecule has 0 aliphatic carbocycles. The Bertz CT molecular complexity index is 977. The van der Waals surface area contributed by atoms with Crippen LogP contribution in [-0.4, -0.2) is 30.3 Å². The number of carbonyl (C=O) groups excluding carboxylic acids is 2. The summed E-state index contributed by atoms with van der Waals surface area (Å²) in [5.41, 5.74) is 1.25. The second kappa shape index (κ2) is 6.95. The summed E-state index contributed by atoms with van der Waals surface area (Å²) in [6.07, 6.45) is 0. The molecule has 0 radical (unpaired) electrons. The van der Waals surface area contributed by atoms with Crippen LogP contribution in [0.1, 0.15) is 16.1 Å². The topological polar surface area (TPSA) is 62.6 Å². The first-order valence-corrected chi connectivity index (χ1v) is 7.84. The summed E-state index contributed by atoms with van der Waals surface area (Å²) in [6, 6.07) is 9.93. The van der Waals surface area contributed by atoms with Crippen LogP contribution in [-0.2, 0) is 4.79 Å². The highest BCUT2D eigenvalue weighted by atomic mass is 19.1. The molecule has 0 aliphatic heterocycles. The smallest absolute Gasteiger partial charge is 0.290 e. The molecule has 1 aromatic heterocycles. The number of rotatable bonds is 4. The molecular weight excluding hydrogens is 342 g/mol. The molecule has 2 amide bonds. The number of hydrogen-bond acceptors (Lipinski definition) is 3. The quantitative estimate of drug-likeness (QED) is 0.773. The third-order valence-electron chi connectivity index (χ3n) is 3.91. The summed E-state index contributed by atoms with van der Waals surface area (Å²) >= 11 is 0. The van der Waals surface area contributed by atoms with E-state index in [4.69, 9.17) is 4.42 Å². The van der Waals surface area contributed by atoms with Gasteiger partial charge in [0, 0.05) is 29.8 Å². The molecule has 0 bridgehead atoms. The lowest BCUT2D eigenvalue weighted by molar-refractivity contribution is -0.116. The highest BCUT2D eigenvalue weighted by Gasteiger charge is 2.22. The maximum Gasteiger partial charge on any atom is 0.290 e. The number of nitrogens with zero attached hydrogens (tertiary/aromatic N) is 1. The normalized spacial score (nSPS) is 10.8. The van der Waals surface area contributed by atoms with E-state index >= 15 is 0 Å². The molecule has 0 spiro atoms. The van der Waals surface area contributed by atoms with Crippen molar-refractivity contribution in [3.05, 3.63) is 65.4 Å². The van der Waals surface area contributed by atoms with Gasteiger partial charge in [0.25, 0.3) is 5.91 Å². The second-order valence-electron chi connectivity index (χ2n) is 5.92. The highest BCUT2D eigenvalue weighted by molar-refractivity contribution is 6.01. The van der Waals surface area contributed by atoms with E-state index in [1.54, 1.807) is 19.1 Å². The molecule has 0 saturated heterocycles. The highest BCUT2D eigenvalue weighted by Crippen LogP contribution is 2.25. The summed E-state index contributed by atoms with van der Waals surface area (Å²) in [5.74, 6) is -2.50. The van der Waals surface area contributed by atoms with Crippen LogP contribution < -0.4 is 5.32 Å². The van der Waals surface area contributed by atoms with Gasteiger partial charge in [0.15, 0.2) is 5.76 Å². The molecule has 0 fully saturated rings. The summed E-state index contributed by atoms with van der Waals surface area (Å²) < 4.78 is 31.9. The van der Waals surface area contributed by atoms with E-state index in [0.29, 0.717) is 17.2 Å². The van der Waals surface area contributed by atoms with Crippen LogP contribution in [0.15, 0.2) is 46.9 Å². The first kappa shape index (κ1) is 17.6. The average Bonchev–Trinajstić information content (AvgIpc) is 2.90. The Morgan fingerprint density at radius 3 is 2.42 bits per heavy atom. The van der Waals surface area contributed by atoms with Gasteiger partial charge in [0.05, 0.1) is 6.54 Å². The van der Waals surface area contributed by atoms with E-state index in [9.17, 15) is 18.4 Å². The van der Waals surface area contributed by atoms with Crippen molar-refractivity contribution in [2.45, 2.75) is 6.92 Å². The van der Waals surface area contributed by atoms with Gasteiger partial charge in [-0.3, -0.25) is 9.59 Å². The van der Waals surface area contributed by atoms with Gasteiger partial charge in [-0.2, -0.15) is 0 Å². The van der Waals surface area contributed by atoms with Gasteiger partial charge in [-0.1, -0.05) is 18.2 Å². The molecular formula is C19H16F2N2O3. The van der Waals surface area contributed by atoms with E-state index in [2.05, 4.69) is 5.32 Å². The molecule has 7 heteroatoms. The Labute approximate surface area is 148 Å². The molecule has 2 aromatic carbocycles. The van der Waals surface area contributed by atoms with Crippen LogP contribution in [0.2, 0.25) is 0 Å². The zero-order valence-electron chi connectivity index (χ0n) is 14.2. The molecule has 0 atom stereocenters. The second-order valence-corrected chi connectivity index (χ2v) is 5.92. The number of furan rings is 1. The third-order valence-corrected chi connectivity index (χ3v) is 3.91. The third kappa shape index (κ3) is 3.56.